The van der Waals surface area contributed by atoms with Gasteiger partial charge in [0.25, 0.3) is 0 Å². The Kier molecular flexibility index (Phi) is 5.58. The van der Waals surface area contributed by atoms with Crippen LogP contribution < -0.4 is 5.73 Å². The normalized spacial score (nSPS) is 12.2. The summed E-state index contributed by atoms with van der Waals surface area (Å²) in [6.07, 6.45) is 0.428. The Bertz CT molecular complexity index is 677. The van der Waals surface area contributed by atoms with E-state index in [0.29, 0.717) is 18.6 Å². The predicted octanol–water partition coefficient (Wildman–Crippen LogP) is 2.13. The fraction of sp³-hybridized carbons (Fsp3) is 0.389. The van der Waals surface area contributed by atoms with Crippen LogP contribution in [0.15, 0.2) is 30.3 Å². The minimum atomic E-state index is -0.409. The van der Waals surface area contributed by atoms with Crippen molar-refractivity contribution in [3.63, 3.8) is 0 Å². The SMILES string of the molecule is CCOC(=O)c1c(CC(N)CO)c(C)n(-c2ccccc2)c1C. The lowest BCUT2D eigenvalue weighted by atomic mass is 10.0. The van der Waals surface area contributed by atoms with E-state index in [1.54, 1.807) is 6.92 Å². The molecule has 0 aliphatic rings. The number of para-hydroxylation sites is 1. The lowest BCUT2D eigenvalue weighted by molar-refractivity contribution is 0.0524. The summed E-state index contributed by atoms with van der Waals surface area (Å²) in [7, 11) is 0. The molecule has 0 aliphatic heterocycles. The largest absolute Gasteiger partial charge is 0.462 e. The van der Waals surface area contributed by atoms with Gasteiger partial charge in [-0.05, 0) is 44.9 Å². The van der Waals surface area contributed by atoms with Gasteiger partial charge in [0.2, 0.25) is 0 Å². The molecule has 23 heavy (non-hydrogen) atoms. The lowest BCUT2D eigenvalue weighted by Crippen LogP contribution is -2.28. The van der Waals surface area contributed by atoms with Crippen LogP contribution in [-0.4, -0.2) is 34.9 Å². The molecular weight excluding hydrogens is 292 g/mol. The number of nitrogens with zero attached hydrogens (tertiary/aromatic N) is 1. The maximum Gasteiger partial charge on any atom is 0.340 e. The molecule has 2 aromatic rings. The van der Waals surface area contributed by atoms with E-state index in [4.69, 9.17) is 10.5 Å². The molecule has 0 fully saturated rings. The van der Waals surface area contributed by atoms with E-state index in [1.165, 1.54) is 0 Å². The number of benzene rings is 1. The van der Waals surface area contributed by atoms with E-state index >= 15 is 0 Å². The van der Waals surface area contributed by atoms with Crippen molar-refractivity contribution in [1.29, 1.82) is 0 Å². The summed E-state index contributed by atoms with van der Waals surface area (Å²) in [6.45, 7) is 5.84. The summed E-state index contributed by atoms with van der Waals surface area (Å²) in [6, 6.07) is 9.43. The van der Waals surface area contributed by atoms with Crippen molar-refractivity contribution in [2.24, 2.45) is 5.73 Å². The number of rotatable bonds is 6. The Balaban J connectivity index is 2.61. The Morgan fingerprint density at radius 2 is 1.91 bits per heavy atom. The maximum absolute atomic E-state index is 12.4. The van der Waals surface area contributed by atoms with Crippen molar-refractivity contribution in [3.8, 4) is 5.69 Å². The second-order valence-electron chi connectivity index (χ2n) is 5.56. The van der Waals surface area contributed by atoms with E-state index in [-0.39, 0.29) is 12.6 Å². The van der Waals surface area contributed by atoms with Crippen LogP contribution in [0.1, 0.15) is 34.2 Å². The summed E-state index contributed by atoms with van der Waals surface area (Å²) >= 11 is 0. The molecule has 1 unspecified atom stereocenters. The lowest BCUT2D eigenvalue weighted by Gasteiger charge is -2.11. The number of hydrogen-bond donors (Lipinski definition) is 2. The van der Waals surface area contributed by atoms with Crippen LogP contribution in [-0.2, 0) is 11.2 Å². The summed E-state index contributed by atoms with van der Waals surface area (Å²) < 4.78 is 7.25. The number of aromatic nitrogens is 1. The average molecular weight is 316 g/mol. The first-order valence-electron chi connectivity index (χ1n) is 7.81. The standard InChI is InChI=1S/C18H24N2O3/c1-4-23-18(22)17-13(3)20(15-8-6-5-7-9-15)12(2)16(17)10-14(19)11-21/h5-9,14,21H,4,10-11,19H2,1-3H3. The fourth-order valence-corrected chi connectivity index (χ4v) is 2.91. The van der Waals surface area contributed by atoms with Crippen LogP contribution in [0.3, 0.4) is 0 Å². The number of aliphatic hydroxyl groups excluding tert-OH is 1. The second kappa shape index (κ2) is 7.44. The molecule has 1 atom stereocenters. The highest BCUT2D eigenvalue weighted by molar-refractivity contribution is 5.93. The Hall–Kier alpha value is -2.11. The van der Waals surface area contributed by atoms with E-state index in [2.05, 4.69) is 0 Å². The topological polar surface area (TPSA) is 77.5 Å². The molecular formula is C18H24N2O3. The van der Waals surface area contributed by atoms with Crippen LogP contribution in [0.4, 0.5) is 0 Å². The van der Waals surface area contributed by atoms with Crippen molar-refractivity contribution in [2.75, 3.05) is 13.2 Å². The zero-order valence-electron chi connectivity index (χ0n) is 13.9. The van der Waals surface area contributed by atoms with Crippen LogP contribution in [0, 0.1) is 13.8 Å². The van der Waals surface area contributed by atoms with E-state index in [9.17, 15) is 9.90 Å². The van der Waals surface area contributed by atoms with Gasteiger partial charge in [-0.1, -0.05) is 18.2 Å². The third-order valence-electron chi connectivity index (χ3n) is 3.97. The number of carbonyl (C=O) groups excluding carboxylic acids is 1. The van der Waals surface area contributed by atoms with Gasteiger partial charge in [-0.25, -0.2) is 4.79 Å². The van der Waals surface area contributed by atoms with Gasteiger partial charge in [0.1, 0.15) is 0 Å². The monoisotopic (exact) mass is 316 g/mol. The molecule has 1 aromatic carbocycles. The molecule has 0 spiro atoms. The van der Waals surface area contributed by atoms with Crippen molar-refractivity contribution in [1.82, 2.24) is 4.57 Å². The van der Waals surface area contributed by atoms with Crippen LogP contribution in [0.2, 0.25) is 0 Å². The van der Waals surface area contributed by atoms with Crippen molar-refractivity contribution in [2.45, 2.75) is 33.2 Å². The highest BCUT2D eigenvalue weighted by Crippen LogP contribution is 2.28. The molecule has 0 saturated carbocycles. The Morgan fingerprint density at radius 3 is 2.48 bits per heavy atom. The quantitative estimate of drug-likeness (QED) is 0.800. The van der Waals surface area contributed by atoms with E-state index in [0.717, 1.165) is 22.6 Å². The number of nitrogens with two attached hydrogens (primary N) is 1. The molecule has 0 amide bonds. The molecule has 0 saturated heterocycles. The molecule has 3 N–H and O–H groups in total. The molecule has 124 valence electrons. The minimum absolute atomic E-state index is 0.128. The second-order valence-corrected chi connectivity index (χ2v) is 5.56. The van der Waals surface area contributed by atoms with Gasteiger partial charge in [0.05, 0.1) is 18.8 Å². The average Bonchev–Trinajstić information content (AvgIpc) is 2.79. The van der Waals surface area contributed by atoms with Gasteiger partial charge in [-0.3, -0.25) is 0 Å². The first-order chi connectivity index (χ1) is 11.0. The first kappa shape index (κ1) is 17.2. The number of carbonyl (C=O) groups is 1. The summed E-state index contributed by atoms with van der Waals surface area (Å²) in [5.74, 6) is -0.345. The fourth-order valence-electron chi connectivity index (χ4n) is 2.91. The van der Waals surface area contributed by atoms with Gasteiger partial charge in [0, 0.05) is 23.1 Å². The highest BCUT2D eigenvalue weighted by Gasteiger charge is 2.25. The molecule has 2 rings (SSSR count). The van der Waals surface area contributed by atoms with Crippen LogP contribution in [0.25, 0.3) is 5.69 Å². The van der Waals surface area contributed by atoms with Crippen molar-refractivity contribution in [3.05, 3.63) is 52.8 Å². The Labute approximate surface area is 136 Å². The highest BCUT2D eigenvalue weighted by atomic mass is 16.5. The van der Waals surface area contributed by atoms with Crippen LogP contribution >= 0.6 is 0 Å². The Morgan fingerprint density at radius 1 is 1.26 bits per heavy atom. The molecule has 5 heteroatoms. The van der Waals surface area contributed by atoms with Crippen LogP contribution in [0.5, 0.6) is 0 Å². The zero-order valence-corrected chi connectivity index (χ0v) is 13.9. The third kappa shape index (κ3) is 3.46. The summed E-state index contributed by atoms with van der Waals surface area (Å²) in [5.41, 5.74) is 10.1. The number of ether oxygens (including phenoxy) is 1. The van der Waals surface area contributed by atoms with Crippen molar-refractivity contribution < 1.29 is 14.6 Å². The summed E-state index contributed by atoms with van der Waals surface area (Å²) in [4.78, 5) is 12.4. The van der Waals surface area contributed by atoms with Gasteiger partial charge in [-0.2, -0.15) is 0 Å². The number of hydrogen-bond acceptors (Lipinski definition) is 4. The van der Waals surface area contributed by atoms with Gasteiger partial charge in [-0.15, -0.1) is 0 Å². The third-order valence-corrected chi connectivity index (χ3v) is 3.97. The van der Waals surface area contributed by atoms with Gasteiger partial charge in [0.15, 0.2) is 0 Å². The summed E-state index contributed by atoms with van der Waals surface area (Å²) in [5, 5.41) is 9.27. The minimum Gasteiger partial charge on any atom is -0.462 e. The van der Waals surface area contributed by atoms with Crippen molar-refractivity contribution >= 4 is 5.97 Å². The number of esters is 1. The predicted molar refractivity (Wildman–Crippen MR) is 90.0 cm³/mol. The number of aliphatic hydroxyl groups is 1. The van der Waals surface area contributed by atoms with E-state index < -0.39 is 6.04 Å². The van der Waals surface area contributed by atoms with E-state index in [1.807, 2.05) is 48.7 Å². The van der Waals surface area contributed by atoms with Gasteiger partial charge >= 0.3 is 5.97 Å². The molecule has 1 heterocycles. The molecule has 0 radical (unpaired) electrons. The zero-order chi connectivity index (χ0) is 17.0. The maximum atomic E-state index is 12.4. The molecule has 0 bridgehead atoms. The first-order valence-corrected chi connectivity index (χ1v) is 7.81. The van der Waals surface area contributed by atoms with Gasteiger partial charge < -0.3 is 20.1 Å². The molecule has 1 aromatic heterocycles. The molecule has 0 aliphatic carbocycles. The smallest absolute Gasteiger partial charge is 0.340 e. The molecule has 5 nitrogen and oxygen atoms in total.